The molecule has 0 saturated carbocycles. The molecule has 0 aromatic heterocycles. The summed E-state index contributed by atoms with van der Waals surface area (Å²) < 4.78 is 2.45. The standard InChI is InChI=1S/C42H36N6O4/c1-45-36-23-22-34(40(50)47(27-32-18-10-4-11-19-32)28-33-20-12-5-13-21-33)24-35(36)43-38-39(45)44-42(52)48(41(38)51)29-37(49)46(25-30-14-6-2-7-15-30)26-31-16-8-3-9-17-31/h2-24H,25-29H2,1H3. The van der Waals surface area contributed by atoms with Crippen LogP contribution in [-0.4, -0.2) is 40.7 Å². The van der Waals surface area contributed by atoms with Gasteiger partial charge < -0.3 is 14.4 Å². The Labute approximate surface area is 300 Å². The van der Waals surface area contributed by atoms with Crippen molar-refractivity contribution in [3.8, 4) is 11.5 Å². The first kappa shape index (κ1) is 33.8. The maximum atomic E-state index is 14.1. The molecule has 0 radical (unpaired) electrons. The number of aromatic nitrogens is 4. The molecule has 0 aliphatic carbocycles. The van der Waals surface area contributed by atoms with Crippen molar-refractivity contribution in [3.63, 3.8) is 0 Å². The smallest absolute Gasteiger partial charge is 0.332 e. The fourth-order valence-electron chi connectivity index (χ4n) is 6.31. The minimum Gasteiger partial charge on any atom is -0.332 e. The third kappa shape index (κ3) is 7.41. The van der Waals surface area contributed by atoms with Crippen molar-refractivity contribution >= 4 is 22.8 Å². The minimum atomic E-state index is -0.841. The number of fused-ring (bicyclic) bond motifs is 2. The quantitative estimate of drug-likeness (QED) is 0.162. The highest BCUT2D eigenvalue weighted by atomic mass is 16.2. The summed E-state index contributed by atoms with van der Waals surface area (Å²) in [6.45, 7) is 0.867. The molecule has 52 heavy (non-hydrogen) atoms. The number of amides is 2. The second-order valence-electron chi connectivity index (χ2n) is 12.7. The van der Waals surface area contributed by atoms with Crippen LogP contribution in [0, 0.1) is 0 Å². The maximum absolute atomic E-state index is 14.1. The highest BCUT2D eigenvalue weighted by Gasteiger charge is 2.25. The zero-order valence-corrected chi connectivity index (χ0v) is 28.6. The molecule has 2 aliphatic heterocycles. The normalized spacial score (nSPS) is 11.1. The van der Waals surface area contributed by atoms with Crippen molar-refractivity contribution in [2.75, 3.05) is 0 Å². The number of hydrogen-bond donors (Lipinski definition) is 0. The van der Waals surface area contributed by atoms with Crippen LogP contribution in [0.3, 0.4) is 0 Å². The van der Waals surface area contributed by atoms with E-state index in [1.807, 2.05) is 121 Å². The van der Waals surface area contributed by atoms with Gasteiger partial charge in [-0.2, -0.15) is 4.98 Å². The number of nitrogens with zero attached hydrogens (tertiary/aromatic N) is 6. The van der Waals surface area contributed by atoms with Gasteiger partial charge in [-0.05, 0) is 40.5 Å². The van der Waals surface area contributed by atoms with Crippen LogP contribution in [0.4, 0.5) is 0 Å². The molecule has 10 heteroatoms. The molecule has 2 aliphatic rings. The van der Waals surface area contributed by atoms with Crippen molar-refractivity contribution < 1.29 is 9.59 Å². The summed E-state index contributed by atoms with van der Waals surface area (Å²) in [5.41, 5.74) is 3.52. The molecule has 0 bridgehead atoms. The molecule has 5 aromatic carbocycles. The third-order valence-electron chi connectivity index (χ3n) is 9.02. The van der Waals surface area contributed by atoms with E-state index < -0.39 is 23.7 Å². The van der Waals surface area contributed by atoms with Crippen molar-refractivity contribution in [2.24, 2.45) is 7.05 Å². The van der Waals surface area contributed by atoms with Gasteiger partial charge in [0.2, 0.25) is 5.91 Å². The van der Waals surface area contributed by atoms with E-state index in [0.29, 0.717) is 42.8 Å². The second-order valence-corrected chi connectivity index (χ2v) is 12.7. The number of hydrogen-bond acceptors (Lipinski definition) is 6. The average molecular weight is 689 g/mol. The molecule has 10 nitrogen and oxygen atoms in total. The van der Waals surface area contributed by atoms with E-state index in [1.165, 1.54) is 0 Å². The zero-order valence-electron chi connectivity index (χ0n) is 28.6. The Balaban J connectivity index is 1.23. The van der Waals surface area contributed by atoms with Crippen LogP contribution in [0.1, 0.15) is 32.6 Å². The van der Waals surface area contributed by atoms with E-state index in [-0.39, 0.29) is 17.4 Å². The number of aryl methyl sites for hydroxylation is 1. The van der Waals surface area contributed by atoms with Gasteiger partial charge in [0, 0.05) is 38.8 Å². The summed E-state index contributed by atoms with van der Waals surface area (Å²) >= 11 is 0. The lowest BCUT2D eigenvalue weighted by Crippen LogP contribution is -2.43. The minimum absolute atomic E-state index is 0.0740. The van der Waals surface area contributed by atoms with E-state index in [1.54, 1.807) is 39.6 Å². The van der Waals surface area contributed by atoms with Crippen LogP contribution in [0.2, 0.25) is 0 Å². The van der Waals surface area contributed by atoms with Gasteiger partial charge in [-0.3, -0.25) is 14.4 Å². The number of carbonyl (C=O) groups excluding carboxylic acids is 2. The summed E-state index contributed by atoms with van der Waals surface area (Å²) in [6, 6.07) is 43.7. The lowest BCUT2D eigenvalue weighted by molar-refractivity contribution is -0.133. The van der Waals surface area contributed by atoms with Crippen LogP contribution in [0.25, 0.3) is 22.6 Å². The summed E-state index contributed by atoms with van der Waals surface area (Å²) in [5.74, 6) is -0.527. The van der Waals surface area contributed by atoms with Gasteiger partial charge in [-0.1, -0.05) is 121 Å². The second kappa shape index (κ2) is 15.1. The molecule has 0 atom stereocenters. The fraction of sp³-hybridized carbons (Fsp3) is 0.143. The Kier molecular flexibility index (Phi) is 9.79. The molecule has 2 heterocycles. The SMILES string of the molecule is Cn1c2nc(=O)n(CC(=O)N(Cc3ccccc3)Cc3ccccc3)c(=O)c-2nc2cc(C(=O)N(Cc3ccccc3)Cc3ccccc3)ccc21. The maximum Gasteiger partial charge on any atom is 0.353 e. The van der Waals surface area contributed by atoms with E-state index in [4.69, 9.17) is 0 Å². The molecule has 2 amide bonds. The summed E-state index contributed by atoms with van der Waals surface area (Å²) in [6.07, 6.45) is 0. The Bertz CT molecular complexity index is 2350. The van der Waals surface area contributed by atoms with Crippen molar-refractivity contribution in [1.29, 1.82) is 0 Å². The Morgan fingerprint density at radius 1 is 0.596 bits per heavy atom. The topological polar surface area (TPSA) is 110 Å². The van der Waals surface area contributed by atoms with E-state index in [9.17, 15) is 19.2 Å². The molecule has 7 rings (SSSR count). The summed E-state index contributed by atoms with van der Waals surface area (Å²) in [7, 11) is 1.69. The monoisotopic (exact) mass is 688 g/mol. The molecule has 0 fully saturated rings. The van der Waals surface area contributed by atoms with Gasteiger partial charge in [0.05, 0.1) is 11.0 Å². The van der Waals surface area contributed by atoms with Crippen LogP contribution in [-0.2, 0) is 44.6 Å². The van der Waals surface area contributed by atoms with Crippen LogP contribution in [0.5, 0.6) is 0 Å². The molecule has 0 spiro atoms. The Morgan fingerprint density at radius 3 is 1.54 bits per heavy atom. The predicted molar refractivity (Wildman–Crippen MR) is 199 cm³/mol. The molecular weight excluding hydrogens is 652 g/mol. The molecule has 5 aromatic rings. The van der Waals surface area contributed by atoms with Crippen LogP contribution >= 0.6 is 0 Å². The predicted octanol–water partition coefficient (Wildman–Crippen LogP) is 5.67. The zero-order chi connectivity index (χ0) is 36.0. The van der Waals surface area contributed by atoms with Gasteiger partial charge in [0.25, 0.3) is 11.5 Å². The number of benzene rings is 5. The lowest BCUT2D eigenvalue weighted by atomic mass is 10.1. The average Bonchev–Trinajstić information content (AvgIpc) is 3.17. The van der Waals surface area contributed by atoms with Crippen molar-refractivity contribution in [3.05, 3.63) is 188 Å². The lowest BCUT2D eigenvalue weighted by Gasteiger charge is -2.24. The Morgan fingerprint density at radius 2 is 1.06 bits per heavy atom. The first-order valence-electron chi connectivity index (χ1n) is 17.0. The fourth-order valence-corrected chi connectivity index (χ4v) is 6.31. The highest BCUT2D eigenvalue weighted by molar-refractivity contribution is 5.97. The Hall–Kier alpha value is -6.68. The molecule has 0 saturated heterocycles. The molecule has 0 unspecified atom stereocenters. The van der Waals surface area contributed by atoms with Crippen LogP contribution in [0.15, 0.2) is 149 Å². The highest BCUT2D eigenvalue weighted by Crippen LogP contribution is 2.23. The van der Waals surface area contributed by atoms with Gasteiger partial charge >= 0.3 is 5.69 Å². The van der Waals surface area contributed by atoms with Gasteiger partial charge in [0.15, 0.2) is 11.5 Å². The van der Waals surface area contributed by atoms with Gasteiger partial charge in [-0.15, -0.1) is 0 Å². The summed E-state index contributed by atoms with van der Waals surface area (Å²) in [4.78, 5) is 67.4. The van der Waals surface area contributed by atoms with Gasteiger partial charge in [0.1, 0.15) is 6.54 Å². The first-order valence-corrected chi connectivity index (χ1v) is 17.0. The largest absolute Gasteiger partial charge is 0.353 e. The van der Waals surface area contributed by atoms with E-state index in [0.717, 1.165) is 26.8 Å². The van der Waals surface area contributed by atoms with Gasteiger partial charge in [-0.25, -0.2) is 14.3 Å². The third-order valence-corrected chi connectivity index (χ3v) is 9.02. The summed E-state index contributed by atoms with van der Waals surface area (Å²) in [5, 5.41) is 0. The number of carbonyl (C=O) groups is 2. The molecule has 0 N–H and O–H groups in total. The van der Waals surface area contributed by atoms with E-state index >= 15 is 0 Å². The van der Waals surface area contributed by atoms with Crippen molar-refractivity contribution in [2.45, 2.75) is 32.7 Å². The number of rotatable bonds is 11. The molecule has 258 valence electrons. The van der Waals surface area contributed by atoms with Crippen molar-refractivity contribution in [1.82, 2.24) is 28.9 Å². The molecular formula is C42H36N6O4. The van der Waals surface area contributed by atoms with E-state index in [2.05, 4.69) is 9.97 Å². The first-order chi connectivity index (χ1) is 25.3. The van der Waals surface area contributed by atoms with Crippen LogP contribution < -0.4 is 11.2 Å².